The molecule has 0 aromatic heterocycles. The second-order valence-electron chi connectivity index (χ2n) is 5.68. The van der Waals surface area contributed by atoms with Crippen molar-refractivity contribution in [1.82, 2.24) is 0 Å². The van der Waals surface area contributed by atoms with E-state index in [1.807, 2.05) is 0 Å². The third kappa shape index (κ3) is 6.17. The Labute approximate surface area is 112 Å². The van der Waals surface area contributed by atoms with Crippen LogP contribution in [0.1, 0.15) is 57.8 Å². The summed E-state index contributed by atoms with van der Waals surface area (Å²) in [6.45, 7) is 3.30. The second kappa shape index (κ2) is 9.76. The fourth-order valence-electron chi connectivity index (χ4n) is 2.91. The minimum atomic E-state index is 0.363. The van der Waals surface area contributed by atoms with Gasteiger partial charge in [0.2, 0.25) is 0 Å². The standard InChI is InChI=1S/C15H31NO2/c1-17-11-7-12-18-13-10-15(14-16)8-5-3-2-4-6-9-15/h2-14,16H2,1H3. The van der Waals surface area contributed by atoms with Crippen molar-refractivity contribution in [1.29, 1.82) is 0 Å². The van der Waals surface area contributed by atoms with E-state index < -0.39 is 0 Å². The molecule has 0 heterocycles. The summed E-state index contributed by atoms with van der Waals surface area (Å²) in [6.07, 6.45) is 11.6. The molecule has 0 aromatic rings. The van der Waals surface area contributed by atoms with Gasteiger partial charge in [0.25, 0.3) is 0 Å². The molecule has 0 aliphatic heterocycles. The van der Waals surface area contributed by atoms with Crippen molar-refractivity contribution in [2.75, 3.05) is 33.5 Å². The van der Waals surface area contributed by atoms with E-state index in [1.54, 1.807) is 7.11 Å². The monoisotopic (exact) mass is 257 g/mol. The Kier molecular flexibility index (Phi) is 8.64. The van der Waals surface area contributed by atoms with Crippen molar-refractivity contribution < 1.29 is 9.47 Å². The summed E-state index contributed by atoms with van der Waals surface area (Å²) in [6, 6.07) is 0. The smallest absolute Gasteiger partial charge is 0.0487 e. The first kappa shape index (κ1) is 15.9. The molecule has 0 spiro atoms. The molecule has 1 saturated carbocycles. The predicted octanol–water partition coefficient (Wildman–Crippen LogP) is 3.12. The molecule has 0 saturated heterocycles. The molecule has 0 radical (unpaired) electrons. The average molecular weight is 257 g/mol. The minimum Gasteiger partial charge on any atom is -0.385 e. The van der Waals surface area contributed by atoms with E-state index in [-0.39, 0.29) is 0 Å². The molecule has 0 amide bonds. The Morgan fingerprint density at radius 1 is 0.944 bits per heavy atom. The first-order valence-electron chi connectivity index (χ1n) is 7.60. The van der Waals surface area contributed by atoms with Gasteiger partial charge in [0, 0.05) is 26.9 Å². The van der Waals surface area contributed by atoms with Gasteiger partial charge >= 0.3 is 0 Å². The van der Waals surface area contributed by atoms with Gasteiger partial charge in [-0.15, -0.1) is 0 Å². The lowest BCUT2D eigenvalue weighted by atomic mass is 9.74. The third-order valence-electron chi connectivity index (χ3n) is 4.26. The number of nitrogens with two attached hydrogens (primary N) is 1. The van der Waals surface area contributed by atoms with Gasteiger partial charge < -0.3 is 15.2 Å². The number of ether oxygens (including phenoxy) is 2. The SMILES string of the molecule is COCCCOCCC1(CN)CCCCCCC1. The highest BCUT2D eigenvalue weighted by Gasteiger charge is 2.28. The molecular weight excluding hydrogens is 226 g/mol. The first-order chi connectivity index (χ1) is 8.83. The Bertz CT molecular complexity index is 189. The van der Waals surface area contributed by atoms with Gasteiger partial charge in [-0.2, -0.15) is 0 Å². The quantitative estimate of drug-likeness (QED) is 0.679. The molecule has 2 N–H and O–H groups in total. The van der Waals surface area contributed by atoms with E-state index in [0.29, 0.717) is 5.41 Å². The average Bonchev–Trinajstić information content (AvgIpc) is 2.36. The molecule has 1 aliphatic rings. The summed E-state index contributed by atoms with van der Waals surface area (Å²) in [5, 5.41) is 0. The maximum Gasteiger partial charge on any atom is 0.0487 e. The first-order valence-corrected chi connectivity index (χ1v) is 7.60. The summed E-state index contributed by atoms with van der Waals surface area (Å²) in [5.74, 6) is 0. The van der Waals surface area contributed by atoms with Crippen LogP contribution in [0.4, 0.5) is 0 Å². The van der Waals surface area contributed by atoms with Gasteiger partial charge in [-0.3, -0.25) is 0 Å². The van der Waals surface area contributed by atoms with E-state index in [9.17, 15) is 0 Å². The van der Waals surface area contributed by atoms with Crippen molar-refractivity contribution in [3.05, 3.63) is 0 Å². The molecule has 1 aliphatic carbocycles. The maximum atomic E-state index is 6.05. The van der Waals surface area contributed by atoms with Crippen molar-refractivity contribution >= 4 is 0 Å². The van der Waals surface area contributed by atoms with Gasteiger partial charge in [-0.05, 0) is 37.6 Å². The summed E-state index contributed by atoms with van der Waals surface area (Å²) >= 11 is 0. The molecule has 0 bridgehead atoms. The van der Waals surface area contributed by atoms with E-state index in [1.165, 1.54) is 44.9 Å². The summed E-state index contributed by atoms with van der Waals surface area (Å²) in [4.78, 5) is 0. The van der Waals surface area contributed by atoms with Crippen molar-refractivity contribution in [2.24, 2.45) is 11.1 Å². The van der Waals surface area contributed by atoms with Gasteiger partial charge in [-0.1, -0.05) is 32.1 Å². The van der Waals surface area contributed by atoms with Crippen LogP contribution in [0.25, 0.3) is 0 Å². The fraction of sp³-hybridized carbons (Fsp3) is 1.00. The predicted molar refractivity (Wildman–Crippen MR) is 75.7 cm³/mol. The zero-order chi connectivity index (χ0) is 13.1. The molecule has 3 nitrogen and oxygen atoms in total. The molecule has 1 fully saturated rings. The van der Waals surface area contributed by atoms with Crippen LogP contribution in [0.5, 0.6) is 0 Å². The highest BCUT2D eigenvalue weighted by molar-refractivity contribution is 4.81. The summed E-state index contributed by atoms with van der Waals surface area (Å²) < 4.78 is 10.7. The number of hydrogen-bond acceptors (Lipinski definition) is 3. The Balaban J connectivity index is 2.20. The lowest BCUT2D eigenvalue weighted by Gasteiger charge is -2.34. The Hall–Kier alpha value is -0.120. The van der Waals surface area contributed by atoms with Crippen LogP contribution < -0.4 is 5.73 Å². The van der Waals surface area contributed by atoms with Crippen LogP contribution in [-0.4, -0.2) is 33.5 Å². The van der Waals surface area contributed by atoms with Crippen LogP contribution in [0.3, 0.4) is 0 Å². The fourth-order valence-corrected chi connectivity index (χ4v) is 2.91. The molecule has 1 rings (SSSR count). The van der Waals surface area contributed by atoms with Crippen LogP contribution >= 0.6 is 0 Å². The molecule has 3 heteroatoms. The zero-order valence-corrected chi connectivity index (χ0v) is 12.1. The van der Waals surface area contributed by atoms with E-state index in [0.717, 1.165) is 39.2 Å². The second-order valence-corrected chi connectivity index (χ2v) is 5.68. The highest BCUT2D eigenvalue weighted by atomic mass is 16.5. The van der Waals surface area contributed by atoms with Crippen molar-refractivity contribution in [2.45, 2.75) is 57.8 Å². The summed E-state index contributed by atoms with van der Waals surface area (Å²) in [7, 11) is 1.73. The molecule has 18 heavy (non-hydrogen) atoms. The largest absolute Gasteiger partial charge is 0.385 e. The molecule has 0 unspecified atom stereocenters. The number of rotatable bonds is 8. The Morgan fingerprint density at radius 2 is 1.61 bits per heavy atom. The van der Waals surface area contributed by atoms with Gasteiger partial charge in [0.1, 0.15) is 0 Å². The lowest BCUT2D eigenvalue weighted by molar-refractivity contribution is 0.0687. The van der Waals surface area contributed by atoms with Crippen LogP contribution in [0.15, 0.2) is 0 Å². The normalized spacial score (nSPS) is 20.3. The van der Waals surface area contributed by atoms with Crippen LogP contribution in [0, 0.1) is 5.41 Å². The molecule has 0 atom stereocenters. The van der Waals surface area contributed by atoms with Crippen LogP contribution in [0.2, 0.25) is 0 Å². The Morgan fingerprint density at radius 3 is 2.22 bits per heavy atom. The zero-order valence-electron chi connectivity index (χ0n) is 12.1. The third-order valence-corrected chi connectivity index (χ3v) is 4.26. The van der Waals surface area contributed by atoms with E-state index >= 15 is 0 Å². The van der Waals surface area contributed by atoms with Crippen molar-refractivity contribution in [3.8, 4) is 0 Å². The highest BCUT2D eigenvalue weighted by Crippen LogP contribution is 2.36. The van der Waals surface area contributed by atoms with Gasteiger partial charge in [-0.25, -0.2) is 0 Å². The number of methoxy groups -OCH3 is 1. The molecule has 108 valence electrons. The van der Waals surface area contributed by atoms with Crippen LogP contribution in [-0.2, 0) is 9.47 Å². The summed E-state index contributed by atoms with van der Waals surface area (Å²) in [5.41, 5.74) is 6.41. The van der Waals surface area contributed by atoms with Gasteiger partial charge in [0.15, 0.2) is 0 Å². The molecule has 0 aromatic carbocycles. The van der Waals surface area contributed by atoms with E-state index in [4.69, 9.17) is 15.2 Å². The minimum absolute atomic E-state index is 0.363. The topological polar surface area (TPSA) is 44.5 Å². The van der Waals surface area contributed by atoms with Gasteiger partial charge in [0.05, 0.1) is 0 Å². The van der Waals surface area contributed by atoms with Crippen molar-refractivity contribution in [3.63, 3.8) is 0 Å². The maximum absolute atomic E-state index is 6.05. The number of hydrogen-bond donors (Lipinski definition) is 1. The molecular formula is C15H31NO2. The van der Waals surface area contributed by atoms with E-state index in [2.05, 4.69) is 0 Å². The lowest BCUT2D eigenvalue weighted by Crippen LogP contribution is -2.32.